The average Bonchev–Trinajstić information content (AvgIpc) is 3.42. The molecule has 0 aromatic heterocycles. The van der Waals surface area contributed by atoms with Crippen LogP contribution in [0.15, 0.2) is 60.8 Å². The third-order valence-electron chi connectivity index (χ3n) is 4.12. The van der Waals surface area contributed by atoms with E-state index in [2.05, 4.69) is 66.3 Å². The number of rotatable bonds is 14. The number of carbonyl (C=O) groups excluding carboxylic acids is 1. The SMILES string of the molecule is CC[C@H]1O[C@H]1C/C=C\C/C=C\C/C=C\C/C=C\C/C=C\CCC(=O)OC. The predicted molar refractivity (Wildman–Crippen MR) is 109 cm³/mol. The second-order valence-corrected chi connectivity index (χ2v) is 6.27. The second-order valence-electron chi connectivity index (χ2n) is 6.27. The van der Waals surface area contributed by atoms with E-state index in [1.807, 2.05) is 6.08 Å². The van der Waals surface area contributed by atoms with E-state index in [4.69, 9.17) is 4.74 Å². The highest BCUT2D eigenvalue weighted by atomic mass is 16.6. The molecule has 1 saturated heterocycles. The van der Waals surface area contributed by atoms with Gasteiger partial charge in [0.15, 0.2) is 0 Å². The Hall–Kier alpha value is -1.87. The van der Waals surface area contributed by atoms with E-state index in [0.29, 0.717) is 18.6 Å². The summed E-state index contributed by atoms with van der Waals surface area (Å²) in [6.07, 6.45) is 29.9. The second kappa shape index (κ2) is 15.4. The van der Waals surface area contributed by atoms with Gasteiger partial charge in [0.1, 0.15) is 0 Å². The highest BCUT2D eigenvalue weighted by Crippen LogP contribution is 2.28. The van der Waals surface area contributed by atoms with Crippen molar-refractivity contribution in [1.29, 1.82) is 0 Å². The molecular weight excluding hydrogens is 324 g/mol. The van der Waals surface area contributed by atoms with E-state index in [0.717, 1.165) is 44.9 Å². The molecule has 26 heavy (non-hydrogen) atoms. The lowest BCUT2D eigenvalue weighted by Crippen LogP contribution is -1.97. The first-order valence-electron chi connectivity index (χ1n) is 9.75. The van der Waals surface area contributed by atoms with Gasteiger partial charge in [0.05, 0.1) is 19.3 Å². The molecule has 2 atom stereocenters. The number of hydrogen-bond donors (Lipinski definition) is 0. The number of epoxide rings is 1. The first kappa shape index (κ1) is 22.2. The Balaban J connectivity index is 1.91. The number of ether oxygens (including phenoxy) is 2. The molecule has 0 aliphatic carbocycles. The molecule has 1 aliphatic heterocycles. The van der Waals surface area contributed by atoms with Crippen LogP contribution >= 0.6 is 0 Å². The number of allylic oxidation sites excluding steroid dienone is 9. The largest absolute Gasteiger partial charge is 0.469 e. The van der Waals surface area contributed by atoms with Gasteiger partial charge >= 0.3 is 5.97 Å². The van der Waals surface area contributed by atoms with Gasteiger partial charge in [-0.1, -0.05) is 67.7 Å². The summed E-state index contributed by atoms with van der Waals surface area (Å²) < 4.78 is 10.1. The normalized spacial score (nSPS) is 20.4. The van der Waals surface area contributed by atoms with Gasteiger partial charge in [0, 0.05) is 6.42 Å². The summed E-state index contributed by atoms with van der Waals surface area (Å²) in [6, 6.07) is 0. The monoisotopic (exact) mass is 358 g/mol. The van der Waals surface area contributed by atoms with Crippen LogP contribution in [0.2, 0.25) is 0 Å². The lowest BCUT2D eigenvalue weighted by molar-refractivity contribution is -0.140. The molecule has 0 spiro atoms. The van der Waals surface area contributed by atoms with Crippen molar-refractivity contribution in [3.63, 3.8) is 0 Å². The third kappa shape index (κ3) is 12.5. The molecule has 144 valence electrons. The Morgan fingerprint density at radius 1 is 0.808 bits per heavy atom. The van der Waals surface area contributed by atoms with Gasteiger partial charge in [-0.05, 0) is 44.9 Å². The lowest BCUT2D eigenvalue weighted by atomic mass is 10.2. The van der Waals surface area contributed by atoms with Crippen LogP contribution in [0.4, 0.5) is 0 Å². The van der Waals surface area contributed by atoms with Crippen molar-refractivity contribution in [2.75, 3.05) is 7.11 Å². The van der Waals surface area contributed by atoms with Gasteiger partial charge in [-0.3, -0.25) is 4.79 Å². The summed E-state index contributed by atoms with van der Waals surface area (Å²) in [7, 11) is 1.42. The molecule has 1 aliphatic rings. The number of methoxy groups -OCH3 is 1. The molecule has 0 aromatic carbocycles. The van der Waals surface area contributed by atoms with Crippen LogP contribution in [0.3, 0.4) is 0 Å². The van der Waals surface area contributed by atoms with Crippen LogP contribution in [0, 0.1) is 0 Å². The first-order chi connectivity index (χ1) is 12.8. The molecule has 3 heteroatoms. The summed E-state index contributed by atoms with van der Waals surface area (Å²) in [5, 5.41) is 0. The van der Waals surface area contributed by atoms with E-state index in [1.165, 1.54) is 7.11 Å². The zero-order valence-electron chi connectivity index (χ0n) is 16.3. The van der Waals surface area contributed by atoms with E-state index in [1.54, 1.807) is 0 Å². The Morgan fingerprint density at radius 2 is 1.31 bits per heavy atom. The fourth-order valence-electron chi connectivity index (χ4n) is 2.48. The van der Waals surface area contributed by atoms with Crippen LogP contribution in [-0.2, 0) is 14.3 Å². The highest BCUT2D eigenvalue weighted by Gasteiger charge is 2.35. The highest BCUT2D eigenvalue weighted by molar-refractivity contribution is 5.69. The quantitative estimate of drug-likeness (QED) is 0.222. The molecule has 0 aromatic rings. The molecule has 3 nitrogen and oxygen atoms in total. The minimum Gasteiger partial charge on any atom is -0.469 e. The molecule has 0 unspecified atom stereocenters. The van der Waals surface area contributed by atoms with E-state index < -0.39 is 0 Å². The molecule has 0 saturated carbocycles. The summed E-state index contributed by atoms with van der Waals surface area (Å²) in [4.78, 5) is 10.9. The number of esters is 1. The Bertz CT molecular complexity index is 512. The van der Waals surface area contributed by atoms with Crippen LogP contribution in [0.25, 0.3) is 0 Å². The third-order valence-corrected chi connectivity index (χ3v) is 4.12. The summed E-state index contributed by atoms with van der Waals surface area (Å²) >= 11 is 0. The molecule has 0 radical (unpaired) electrons. The summed E-state index contributed by atoms with van der Waals surface area (Å²) in [6.45, 7) is 2.17. The average molecular weight is 359 g/mol. The van der Waals surface area contributed by atoms with Crippen molar-refractivity contribution in [1.82, 2.24) is 0 Å². The Kier molecular flexibility index (Phi) is 13.1. The molecule has 0 N–H and O–H groups in total. The van der Waals surface area contributed by atoms with E-state index in [-0.39, 0.29) is 5.97 Å². The van der Waals surface area contributed by atoms with Crippen LogP contribution in [0.1, 0.15) is 58.3 Å². The molecule has 1 fully saturated rings. The maximum absolute atomic E-state index is 10.9. The van der Waals surface area contributed by atoms with Gasteiger partial charge in [-0.25, -0.2) is 0 Å². The van der Waals surface area contributed by atoms with E-state index in [9.17, 15) is 4.79 Å². The fourth-order valence-corrected chi connectivity index (χ4v) is 2.48. The maximum atomic E-state index is 10.9. The standard InChI is InChI=1S/C23H34O3/c1-3-21-22(26-21)19-17-15-13-11-9-7-5-4-6-8-10-12-14-16-18-20-23(24)25-2/h4-5,8-11,14-17,21-22H,3,6-7,12-13,18-20H2,1-2H3/b5-4-,10-8-,11-9-,16-14-,17-15-/t21-,22+/m1/s1. The van der Waals surface area contributed by atoms with Crippen molar-refractivity contribution in [3.05, 3.63) is 60.8 Å². The van der Waals surface area contributed by atoms with E-state index >= 15 is 0 Å². The number of hydrogen-bond acceptors (Lipinski definition) is 3. The zero-order chi connectivity index (χ0) is 18.9. The van der Waals surface area contributed by atoms with Crippen LogP contribution in [0.5, 0.6) is 0 Å². The smallest absolute Gasteiger partial charge is 0.305 e. The Labute approximate surface area is 159 Å². The van der Waals surface area contributed by atoms with Gasteiger partial charge in [0.25, 0.3) is 0 Å². The minimum absolute atomic E-state index is 0.154. The van der Waals surface area contributed by atoms with Crippen LogP contribution in [-0.4, -0.2) is 25.3 Å². The molecule has 0 bridgehead atoms. The van der Waals surface area contributed by atoms with Gasteiger partial charge < -0.3 is 9.47 Å². The molecular formula is C23H34O3. The number of carbonyl (C=O) groups is 1. The lowest BCUT2D eigenvalue weighted by Gasteiger charge is -1.93. The summed E-state index contributed by atoms with van der Waals surface area (Å²) in [5.74, 6) is -0.154. The van der Waals surface area contributed by atoms with Crippen molar-refractivity contribution in [2.24, 2.45) is 0 Å². The molecule has 0 amide bonds. The van der Waals surface area contributed by atoms with Gasteiger partial charge in [-0.2, -0.15) is 0 Å². The molecule has 1 rings (SSSR count). The van der Waals surface area contributed by atoms with Crippen molar-refractivity contribution in [2.45, 2.75) is 70.5 Å². The van der Waals surface area contributed by atoms with Gasteiger partial charge in [0.2, 0.25) is 0 Å². The fraction of sp³-hybridized carbons (Fsp3) is 0.522. The predicted octanol–water partition coefficient (Wildman–Crippen LogP) is 5.85. The van der Waals surface area contributed by atoms with Crippen LogP contribution < -0.4 is 0 Å². The van der Waals surface area contributed by atoms with Crippen molar-refractivity contribution in [3.8, 4) is 0 Å². The zero-order valence-corrected chi connectivity index (χ0v) is 16.3. The van der Waals surface area contributed by atoms with Gasteiger partial charge in [-0.15, -0.1) is 0 Å². The molecule has 1 heterocycles. The topological polar surface area (TPSA) is 38.8 Å². The summed E-state index contributed by atoms with van der Waals surface area (Å²) in [5.41, 5.74) is 0. The first-order valence-corrected chi connectivity index (χ1v) is 9.75. The van der Waals surface area contributed by atoms with Crippen molar-refractivity contribution < 1.29 is 14.3 Å². The van der Waals surface area contributed by atoms with Crippen molar-refractivity contribution >= 4 is 5.97 Å². The Morgan fingerprint density at radius 3 is 1.77 bits per heavy atom. The maximum Gasteiger partial charge on any atom is 0.305 e. The minimum atomic E-state index is -0.154.